The zero-order valence-corrected chi connectivity index (χ0v) is 11.4. The zero-order valence-electron chi connectivity index (χ0n) is 11.4. The molecular weight excluding hydrogens is 252 g/mol. The Hall–Kier alpha value is -1.34. The molecule has 3 N–H and O–H groups in total. The van der Waals surface area contributed by atoms with Crippen molar-refractivity contribution in [2.75, 3.05) is 26.2 Å². The van der Waals surface area contributed by atoms with E-state index in [1.54, 1.807) is 4.90 Å². The first-order chi connectivity index (χ1) is 8.86. The number of amides is 2. The number of piperidine rings is 1. The molecule has 0 radical (unpaired) electrons. The van der Waals surface area contributed by atoms with Gasteiger partial charge in [0.1, 0.15) is 0 Å². The molecule has 7 nitrogen and oxygen atoms in total. The van der Waals surface area contributed by atoms with Gasteiger partial charge >= 0.3 is 12.0 Å². The summed E-state index contributed by atoms with van der Waals surface area (Å²) < 4.78 is 5.48. The maximum absolute atomic E-state index is 11.9. The van der Waals surface area contributed by atoms with Crippen LogP contribution in [-0.2, 0) is 9.53 Å². The summed E-state index contributed by atoms with van der Waals surface area (Å²) in [6.07, 6.45) is 1.81. The van der Waals surface area contributed by atoms with Crippen molar-refractivity contribution in [1.29, 1.82) is 0 Å². The van der Waals surface area contributed by atoms with Crippen LogP contribution in [0, 0.1) is 0 Å². The molecule has 1 rings (SSSR count). The van der Waals surface area contributed by atoms with E-state index in [0.717, 1.165) is 19.8 Å². The summed E-state index contributed by atoms with van der Waals surface area (Å²) in [5.74, 6) is -1.36. The fourth-order valence-corrected chi connectivity index (χ4v) is 1.93. The Morgan fingerprint density at radius 3 is 2.79 bits per heavy atom. The van der Waals surface area contributed by atoms with Crippen LogP contribution < -0.4 is 5.32 Å². The number of aliphatic hydroxyl groups is 1. The molecule has 1 aliphatic heterocycles. The largest absolute Gasteiger partial charge is 0.479 e. The van der Waals surface area contributed by atoms with Gasteiger partial charge in [0.05, 0.1) is 12.6 Å². The Morgan fingerprint density at radius 2 is 2.21 bits per heavy atom. The quantitative estimate of drug-likeness (QED) is 0.657. The van der Waals surface area contributed by atoms with E-state index in [1.807, 2.05) is 6.92 Å². The van der Waals surface area contributed by atoms with Gasteiger partial charge in [0.15, 0.2) is 5.60 Å². The molecule has 110 valence electrons. The molecule has 1 fully saturated rings. The molecule has 2 amide bonds. The number of carbonyl (C=O) groups excluding carboxylic acids is 1. The molecule has 1 heterocycles. The lowest BCUT2D eigenvalue weighted by Crippen LogP contribution is -2.52. The third-order valence-corrected chi connectivity index (χ3v) is 3.11. The monoisotopic (exact) mass is 274 g/mol. The van der Waals surface area contributed by atoms with Crippen molar-refractivity contribution in [2.45, 2.75) is 38.4 Å². The maximum atomic E-state index is 11.9. The number of carboxylic acid groups (broad SMARTS) is 1. The third kappa shape index (κ3) is 4.68. The SMILES string of the molecule is CCOC1CCCN(C(=O)NCC(C)(O)C(=O)O)C1. The van der Waals surface area contributed by atoms with Crippen molar-refractivity contribution in [3.8, 4) is 0 Å². The third-order valence-electron chi connectivity index (χ3n) is 3.11. The fourth-order valence-electron chi connectivity index (χ4n) is 1.93. The van der Waals surface area contributed by atoms with Crippen molar-refractivity contribution in [3.63, 3.8) is 0 Å². The molecule has 1 saturated heterocycles. The minimum Gasteiger partial charge on any atom is -0.479 e. The highest BCUT2D eigenvalue weighted by Gasteiger charge is 2.31. The maximum Gasteiger partial charge on any atom is 0.337 e. The van der Waals surface area contributed by atoms with Crippen LogP contribution in [0.2, 0.25) is 0 Å². The number of nitrogens with zero attached hydrogens (tertiary/aromatic N) is 1. The second kappa shape index (κ2) is 6.72. The highest BCUT2D eigenvalue weighted by molar-refractivity contribution is 5.79. The number of likely N-dealkylation sites (tertiary alicyclic amines) is 1. The van der Waals surface area contributed by atoms with Gasteiger partial charge in [-0.05, 0) is 26.7 Å². The van der Waals surface area contributed by atoms with Crippen LogP contribution in [0.5, 0.6) is 0 Å². The molecular formula is C12H22N2O5. The summed E-state index contributed by atoms with van der Waals surface area (Å²) in [5.41, 5.74) is -1.95. The average molecular weight is 274 g/mol. The lowest BCUT2D eigenvalue weighted by Gasteiger charge is -2.33. The number of urea groups is 1. The fraction of sp³-hybridized carbons (Fsp3) is 0.833. The van der Waals surface area contributed by atoms with Crippen LogP contribution in [0.3, 0.4) is 0 Å². The molecule has 2 atom stereocenters. The highest BCUT2D eigenvalue weighted by atomic mass is 16.5. The number of rotatable bonds is 5. The molecule has 7 heteroatoms. The van der Waals surface area contributed by atoms with Gasteiger partial charge in [0, 0.05) is 19.7 Å². The summed E-state index contributed by atoms with van der Waals surface area (Å²) >= 11 is 0. The minimum absolute atomic E-state index is 0.0319. The molecule has 1 aliphatic rings. The Bertz CT molecular complexity index is 330. The summed E-state index contributed by atoms with van der Waals surface area (Å²) in [6.45, 7) is 4.45. The first-order valence-corrected chi connectivity index (χ1v) is 6.47. The van der Waals surface area contributed by atoms with Gasteiger partial charge in [-0.2, -0.15) is 0 Å². The zero-order chi connectivity index (χ0) is 14.5. The molecule has 0 aromatic carbocycles. The van der Waals surface area contributed by atoms with E-state index >= 15 is 0 Å². The standard InChI is InChI=1S/C12H22N2O5/c1-3-19-9-5-4-6-14(7-9)11(17)13-8-12(2,18)10(15)16/h9,18H,3-8H2,1-2H3,(H,13,17)(H,15,16). The topological polar surface area (TPSA) is 99.1 Å². The number of carboxylic acids is 1. The van der Waals surface area contributed by atoms with E-state index in [-0.39, 0.29) is 18.7 Å². The first-order valence-electron chi connectivity index (χ1n) is 6.47. The van der Waals surface area contributed by atoms with Crippen molar-refractivity contribution >= 4 is 12.0 Å². The van der Waals surface area contributed by atoms with Crippen molar-refractivity contribution in [1.82, 2.24) is 10.2 Å². The molecule has 0 saturated carbocycles. The van der Waals surface area contributed by atoms with Crippen LogP contribution in [-0.4, -0.2) is 65.1 Å². The number of aliphatic carboxylic acids is 1. The molecule has 0 aromatic rings. The van der Waals surface area contributed by atoms with E-state index in [4.69, 9.17) is 9.84 Å². The van der Waals surface area contributed by atoms with Crippen molar-refractivity contribution in [3.05, 3.63) is 0 Å². The molecule has 0 aromatic heterocycles. The lowest BCUT2D eigenvalue weighted by atomic mass is 10.1. The summed E-state index contributed by atoms with van der Waals surface area (Å²) in [7, 11) is 0. The van der Waals surface area contributed by atoms with E-state index in [1.165, 1.54) is 0 Å². The first kappa shape index (κ1) is 15.7. The van der Waals surface area contributed by atoms with Gasteiger partial charge in [-0.15, -0.1) is 0 Å². The van der Waals surface area contributed by atoms with E-state index in [9.17, 15) is 14.7 Å². The molecule has 0 aliphatic carbocycles. The van der Waals surface area contributed by atoms with Gasteiger partial charge < -0.3 is 25.2 Å². The van der Waals surface area contributed by atoms with Crippen LogP contribution in [0.4, 0.5) is 4.79 Å². The van der Waals surface area contributed by atoms with Crippen LogP contribution >= 0.6 is 0 Å². The van der Waals surface area contributed by atoms with E-state index < -0.39 is 11.6 Å². The Balaban J connectivity index is 2.43. The highest BCUT2D eigenvalue weighted by Crippen LogP contribution is 2.13. The number of carbonyl (C=O) groups is 2. The van der Waals surface area contributed by atoms with Gasteiger partial charge in [-0.3, -0.25) is 0 Å². The smallest absolute Gasteiger partial charge is 0.337 e. The molecule has 0 spiro atoms. The van der Waals surface area contributed by atoms with Gasteiger partial charge in [-0.1, -0.05) is 0 Å². The minimum atomic E-state index is -1.95. The van der Waals surface area contributed by atoms with Gasteiger partial charge in [0.2, 0.25) is 0 Å². The predicted octanol–water partition coefficient (Wildman–Crippen LogP) is 0.0325. The number of hydrogen-bond donors (Lipinski definition) is 3. The van der Waals surface area contributed by atoms with Crippen molar-refractivity contribution < 1.29 is 24.5 Å². The van der Waals surface area contributed by atoms with Crippen LogP contribution in [0.15, 0.2) is 0 Å². The second-order valence-corrected chi connectivity index (χ2v) is 4.90. The number of hydrogen-bond acceptors (Lipinski definition) is 4. The average Bonchev–Trinajstić information content (AvgIpc) is 2.36. The second-order valence-electron chi connectivity index (χ2n) is 4.90. The number of nitrogens with one attached hydrogen (secondary N) is 1. The molecule has 19 heavy (non-hydrogen) atoms. The van der Waals surface area contributed by atoms with Crippen LogP contribution in [0.1, 0.15) is 26.7 Å². The lowest BCUT2D eigenvalue weighted by molar-refractivity contribution is -0.155. The molecule has 0 bridgehead atoms. The predicted molar refractivity (Wildman–Crippen MR) is 67.9 cm³/mol. The summed E-state index contributed by atoms with van der Waals surface area (Å²) in [4.78, 5) is 24.2. The van der Waals surface area contributed by atoms with Gasteiger partial charge in [-0.25, -0.2) is 9.59 Å². The van der Waals surface area contributed by atoms with E-state index in [2.05, 4.69) is 5.32 Å². The Morgan fingerprint density at radius 1 is 1.53 bits per heavy atom. The van der Waals surface area contributed by atoms with Gasteiger partial charge in [0.25, 0.3) is 0 Å². The Kier molecular flexibility index (Phi) is 5.56. The van der Waals surface area contributed by atoms with E-state index in [0.29, 0.717) is 19.7 Å². The Labute approximate surface area is 112 Å². The molecule has 2 unspecified atom stereocenters. The number of ether oxygens (including phenoxy) is 1. The summed E-state index contributed by atoms with van der Waals surface area (Å²) in [6, 6.07) is -0.370. The summed E-state index contributed by atoms with van der Waals surface area (Å²) in [5, 5.41) is 20.7. The normalized spacial score (nSPS) is 22.7. The van der Waals surface area contributed by atoms with Crippen LogP contribution in [0.25, 0.3) is 0 Å². The van der Waals surface area contributed by atoms with Crippen molar-refractivity contribution in [2.24, 2.45) is 0 Å².